The number of ether oxygens (including phenoxy) is 1. The number of hydrogen-bond donors (Lipinski definition) is 1. The molecule has 2 aromatic rings. The van der Waals surface area contributed by atoms with Crippen molar-refractivity contribution in [3.63, 3.8) is 0 Å². The molecule has 1 N–H and O–H groups in total. The maximum Gasteiger partial charge on any atom is 0.169 e. The molecule has 0 saturated carbocycles. The van der Waals surface area contributed by atoms with E-state index in [1.807, 2.05) is 31.6 Å². The molecule has 1 atom stereocenters. The van der Waals surface area contributed by atoms with Crippen molar-refractivity contribution in [2.24, 2.45) is 13.0 Å². The summed E-state index contributed by atoms with van der Waals surface area (Å²) in [7, 11) is 2.04. The van der Waals surface area contributed by atoms with Crippen LogP contribution in [-0.2, 0) is 18.3 Å². The fourth-order valence-electron chi connectivity index (χ4n) is 2.85. The Balaban J connectivity index is 1.73. The lowest BCUT2D eigenvalue weighted by Gasteiger charge is -2.30. The van der Waals surface area contributed by atoms with Gasteiger partial charge in [0.05, 0.1) is 12.6 Å². The molecule has 0 spiro atoms. The SMILES string of the molecule is Cn1ccnc1C(NCc1ccc(Br)o1)C1CCOCC1. The van der Waals surface area contributed by atoms with Gasteiger partial charge in [0, 0.05) is 32.7 Å². The number of halogens is 1. The van der Waals surface area contributed by atoms with E-state index < -0.39 is 0 Å². The zero-order valence-corrected chi connectivity index (χ0v) is 13.7. The van der Waals surface area contributed by atoms with Gasteiger partial charge in [-0.2, -0.15) is 0 Å². The lowest BCUT2D eigenvalue weighted by Crippen LogP contribution is -2.33. The lowest BCUT2D eigenvalue weighted by molar-refractivity contribution is 0.0515. The van der Waals surface area contributed by atoms with Gasteiger partial charge in [0.15, 0.2) is 4.67 Å². The third kappa shape index (κ3) is 3.56. The first-order valence-electron chi connectivity index (χ1n) is 7.26. The van der Waals surface area contributed by atoms with Gasteiger partial charge < -0.3 is 19.0 Å². The Morgan fingerprint density at radius 2 is 2.24 bits per heavy atom. The monoisotopic (exact) mass is 353 g/mol. The first kappa shape index (κ1) is 14.8. The van der Waals surface area contributed by atoms with Crippen LogP contribution in [-0.4, -0.2) is 22.8 Å². The van der Waals surface area contributed by atoms with Crippen molar-refractivity contribution < 1.29 is 9.15 Å². The Hall–Kier alpha value is -1.11. The van der Waals surface area contributed by atoms with Crippen LogP contribution in [0.4, 0.5) is 0 Å². The maximum absolute atomic E-state index is 5.57. The number of imidazole rings is 1. The zero-order chi connectivity index (χ0) is 14.7. The van der Waals surface area contributed by atoms with Gasteiger partial charge in [0.25, 0.3) is 0 Å². The molecule has 3 rings (SSSR count). The van der Waals surface area contributed by atoms with Crippen molar-refractivity contribution >= 4 is 15.9 Å². The fourth-order valence-corrected chi connectivity index (χ4v) is 3.19. The van der Waals surface area contributed by atoms with Crippen LogP contribution in [0.2, 0.25) is 0 Å². The summed E-state index contributed by atoms with van der Waals surface area (Å²) in [5.74, 6) is 2.54. The van der Waals surface area contributed by atoms with Gasteiger partial charge in [-0.05, 0) is 46.8 Å². The predicted molar refractivity (Wildman–Crippen MR) is 82.7 cm³/mol. The third-order valence-corrected chi connectivity index (χ3v) is 4.43. The summed E-state index contributed by atoms with van der Waals surface area (Å²) in [5, 5.41) is 3.61. The fraction of sp³-hybridized carbons (Fsp3) is 0.533. The molecule has 114 valence electrons. The van der Waals surface area contributed by atoms with Crippen LogP contribution in [0.15, 0.2) is 33.6 Å². The van der Waals surface area contributed by atoms with Crippen molar-refractivity contribution in [3.8, 4) is 0 Å². The highest BCUT2D eigenvalue weighted by molar-refractivity contribution is 9.10. The third-order valence-electron chi connectivity index (χ3n) is 4.00. The average Bonchev–Trinajstić information content (AvgIpc) is 3.10. The summed E-state index contributed by atoms with van der Waals surface area (Å²) in [5.41, 5.74) is 0. The molecule has 1 fully saturated rings. The quantitative estimate of drug-likeness (QED) is 0.897. The molecule has 5 nitrogen and oxygen atoms in total. The van der Waals surface area contributed by atoms with E-state index >= 15 is 0 Å². The molecule has 1 aliphatic heterocycles. The molecule has 1 aliphatic rings. The molecule has 6 heteroatoms. The Morgan fingerprint density at radius 1 is 1.43 bits per heavy atom. The second-order valence-corrected chi connectivity index (χ2v) is 6.19. The van der Waals surface area contributed by atoms with Crippen molar-refractivity contribution in [3.05, 3.63) is 40.8 Å². The number of rotatable bonds is 5. The highest BCUT2D eigenvalue weighted by Gasteiger charge is 2.28. The normalized spacial score (nSPS) is 18.0. The van der Waals surface area contributed by atoms with Crippen molar-refractivity contribution in [2.45, 2.75) is 25.4 Å². The molecule has 0 aliphatic carbocycles. The number of aromatic nitrogens is 2. The number of nitrogens with zero attached hydrogens (tertiary/aromatic N) is 2. The largest absolute Gasteiger partial charge is 0.453 e. The van der Waals surface area contributed by atoms with Gasteiger partial charge in [0.2, 0.25) is 0 Å². The van der Waals surface area contributed by atoms with E-state index in [2.05, 4.69) is 30.8 Å². The molecule has 0 radical (unpaired) electrons. The highest BCUT2D eigenvalue weighted by Crippen LogP contribution is 2.29. The zero-order valence-electron chi connectivity index (χ0n) is 12.1. The summed E-state index contributed by atoms with van der Waals surface area (Å²) < 4.78 is 13.9. The summed E-state index contributed by atoms with van der Waals surface area (Å²) >= 11 is 3.34. The van der Waals surface area contributed by atoms with Gasteiger partial charge in [-0.15, -0.1) is 0 Å². The molecular weight excluding hydrogens is 334 g/mol. The van der Waals surface area contributed by atoms with Gasteiger partial charge in [0.1, 0.15) is 11.6 Å². The summed E-state index contributed by atoms with van der Waals surface area (Å²) in [6, 6.07) is 4.12. The molecular formula is C15H20BrN3O2. The van der Waals surface area contributed by atoms with Crippen LogP contribution in [0, 0.1) is 5.92 Å². The molecule has 3 heterocycles. The van der Waals surface area contributed by atoms with Gasteiger partial charge >= 0.3 is 0 Å². The molecule has 0 aromatic carbocycles. The molecule has 1 saturated heterocycles. The van der Waals surface area contributed by atoms with E-state index in [1.54, 1.807) is 0 Å². The van der Waals surface area contributed by atoms with Crippen molar-refractivity contribution in [1.29, 1.82) is 0 Å². The van der Waals surface area contributed by atoms with E-state index in [0.717, 1.165) is 42.3 Å². The number of aryl methyl sites for hydroxylation is 1. The van der Waals surface area contributed by atoms with Crippen LogP contribution >= 0.6 is 15.9 Å². The van der Waals surface area contributed by atoms with Crippen LogP contribution < -0.4 is 5.32 Å². The Bertz CT molecular complexity index is 575. The van der Waals surface area contributed by atoms with E-state index in [1.165, 1.54) is 0 Å². The first-order chi connectivity index (χ1) is 10.2. The van der Waals surface area contributed by atoms with Gasteiger partial charge in [-0.3, -0.25) is 0 Å². The van der Waals surface area contributed by atoms with Crippen LogP contribution in [0.3, 0.4) is 0 Å². The minimum absolute atomic E-state index is 0.220. The topological polar surface area (TPSA) is 52.2 Å². The molecule has 2 aromatic heterocycles. The average molecular weight is 354 g/mol. The second kappa shape index (κ2) is 6.77. The summed E-state index contributed by atoms with van der Waals surface area (Å²) in [6.07, 6.45) is 5.97. The number of nitrogens with one attached hydrogen (secondary N) is 1. The summed E-state index contributed by atoms with van der Waals surface area (Å²) in [4.78, 5) is 4.53. The first-order valence-corrected chi connectivity index (χ1v) is 8.06. The van der Waals surface area contributed by atoms with E-state index in [0.29, 0.717) is 12.5 Å². The minimum atomic E-state index is 0.220. The van der Waals surface area contributed by atoms with E-state index in [-0.39, 0.29) is 6.04 Å². The predicted octanol–water partition coefficient (Wildman–Crippen LogP) is 3.03. The van der Waals surface area contributed by atoms with Gasteiger partial charge in [-0.1, -0.05) is 0 Å². The highest BCUT2D eigenvalue weighted by atomic mass is 79.9. The Kier molecular flexibility index (Phi) is 4.77. The van der Waals surface area contributed by atoms with Crippen molar-refractivity contribution in [2.75, 3.05) is 13.2 Å². The van der Waals surface area contributed by atoms with Crippen molar-refractivity contribution in [1.82, 2.24) is 14.9 Å². The number of hydrogen-bond acceptors (Lipinski definition) is 4. The number of furan rings is 1. The summed E-state index contributed by atoms with van der Waals surface area (Å²) in [6.45, 7) is 2.36. The lowest BCUT2D eigenvalue weighted by atomic mass is 9.91. The van der Waals surface area contributed by atoms with Gasteiger partial charge in [-0.25, -0.2) is 4.98 Å². The Morgan fingerprint density at radius 3 is 2.86 bits per heavy atom. The molecule has 0 amide bonds. The Labute approximate surface area is 132 Å². The van der Waals surface area contributed by atoms with E-state index in [9.17, 15) is 0 Å². The second-order valence-electron chi connectivity index (χ2n) is 5.41. The van der Waals surface area contributed by atoms with Crippen LogP contribution in [0.25, 0.3) is 0 Å². The van der Waals surface area contributed by atoms with E-state index in [4.69, 9.17) is 9.15 Å². The van der Waals surface area contributed by atoms with Crippen LogP contribution in [0.1, 0.15) is 30.5 Å². The minimum Gasteiger partial charge on any atom is -0.453 e. The standard InChI is InChI=1S/C15H20BrN3O2/c1-19-7-6-17-15(19)14(11-4-8-20-9-5-11)18-10-12-2-3-13(16)21-12/h2-3,6-7,11,14,18H,4-5,8-10H2,1H3. The molecule has 0 bridgehead atoms. The maximum atomic E-state index is 5.57. The van der Waals surface area contributed by atoms with Crippen LogP contribution in [0.5, 0.6) is 0 Å². The smallest absolute Gasteiger partial charge is 0.169 e. The molecule has 1 unspecified atom stereocenters. The molecule has 21 heavy (non-hydrogen) atoms.